The predicted molar refractivity (Wildman–Crippen MR) is 79.8 cm³/mol. The van der Waals surface area contributed by atoms with E-state index < -0.39 is 0 Å². The molecule has 0 saturated heterocycles. The zero-order chi connectivity index (χ0) is 13.8. The fraction of sp³-hybridized carbons (Fsp3) is 0.286. The topological polar surface area (TPSA) is 71.5 Å². The molecule has 1 heterocycles. The van der Waals surface area contributed by atoms with Gasteiger partial charge in [-0.1, -0.05) is 37.2 Å². The zero-order valence-electron chi connectivity index (χ0n) is 11.0. The number of aromatic nitrogens is 1. The highest BCUT2D eigenvalue weighted by atomic mass is 32.2. The Balaban J connectivity index is 2.51. The number of thioether (sulfide) groups is 1. The molecule has 4 nitrogen and oxygen atoms in total. The molecule has 0 bridgehead atoms. The molecular weight excluding hydrogens is 258 g/mol. The summed E-state index contributed by atoms with van der Waals surface area (Å²) < 4.78 is 0. The fourth-order valence-corrected chi connectivity index (χ4v) is 2.66. The quantitative estimate of drug-likeness (QED) is 0.296. The smallest absolute Gasteiger partial charge is 0.172 e. The standard InChI is InChI=1S/C14H17N3OS/c1-9(2)8-19-14-11(13(15)17-18)7-10-5-3-4-6-12(10)16-14/h3-7,9,18H,8H2,1-2H3,(H2,15,17). The summed E-state index contributed by atoms with van der Waals surface area (Å²) >= 11 is 1.63. The van der Waals surface area contributed by atoms with E-state index in [9.17, 15) is 0 Å². The molecule has 0 fully saturated rings. The molecule has 0 spiro atoms. The second kappa shape index (κ2) is 5.93. The number of oxime groups is 1. The maximum Gasteiger partial charge on any atom is 0.172 e. The summed E-state index contributed by atoms with van der Waals surface area (Å²) in [4.78, 5) is 4.61. The molecular formula is C14H17N3OS. The molecule has 1 aromatic heterocycles. The number of nitrogens with zero attached hydrogens (tertiary/aromatic N) is 2. The minimum Gasteiger partial charge on any atom is -0.409 e. The minimum absolute atomic E-state index is 0.101. The van der Waals surface area contributed by atoms with E-state index in [2.05, 4.69) is 24.0 Å². The largest absolute Gasteiger partial charge is 0.409 e. The maximum atomic E-state index is 8.89. The van der Waals surface area contributed by atoms with Gasteiger partial charge in [0.1, 0.15) is 5.03 Å². The Hall–Kier alpha value is -1.75. The average molecular weight is 275 g/mol. The summed E-state index contributed by atoms with van der Waals surface area (Å²) in [6.45, 7) is 4.30. The van der Waals surface area contributed by atoms with Gasteiger partial charge in [0.15, 0.2) is 5.84 Å². The Morgan fingerprint density at radius 1 is 1.42 bits per heavy atom. The van der Waals surface area contributed by atoms with E-state index in [1.54, 1.807) is 11.8 Å². The van der Waals surface area contributed by atoms with Crippen molar-refractivity contribution in [2.45, 2.75) is 18.9 Å². The highest BCUT2D eigenvalue weighted by Crippen LogP contribution is 2.26. The van der Waals surface area contributed by atoms with Gasteiger partial charge in [-0.05, 0) is 18.1 Å². The first-order chi connectivity index (χ1) is 9.11. The molecule has 100 valence electrons. The first-order valence-electron chi connectivity index (χ1n) is 6.12. The third kappa shape index (κ3) is 3.17. The summed E-state index contributed by atoms with van der Waals surface area (Å²) in [5, 5.41) is 13.8. The number of fused-ring (bicyclic) bond motifs is 1. The van der Waals surface area contributed by atoms with E-state index >= 15 is 0 Å². The molecule has 2 aromatic rings. The van der Waals surface area contributed by atoms with Crippen LogP contribution in [0.2, 0.25) is 0 Å². The van der Waals surface area contributed by atoms with Gasteiger partial charge < -0.3 is 10.9 Å². The van der Waals surface area contributed by atoms with Crippen LogP contribution in [0.1, 0.15) is 19.4 Å². The van der Waals surface area contributed by atoms with Gasteiger partial charge in [0.25, 0.3) is 0 Å². The van der Waals surface area contributed by atoms with Gasteiger partial charge in [-0.2, -0.15) is 0 Å². The molecule has 0 atom stereocenters. The number of benzene rings is 1. The molecule has 5 heteroatoms. The molecule has 0 amide bonds. The Morgan fingerprint density at radius 2 is 2.16 bits per heavy atom. The van der Waals surface area contributed by atoms with Crippen LogP contribution in [0, 0.1) is 5.92 Å². The van der Waals surface area contributed by atoms with Crippen LogP contribution in [0.5, 0.6) is 0 Å². The van der Waals surface area contributed by atoms with Crippen LogP contribution in [-0.2, 0) is 0 Å². The van der Waals surface area contributed by atoms with Gasteiger partial charge in [-0.3, -0.25) is 0 Å². The highest BCUT2D eigenvalue weighted by Gasteiger charge is 2.12. The van der Waals surface area contributed by atoms with E-state index in [0.717, 1.165) is 21.7 Å². The molecule has 0 aliphatic heterocycles. The zero-order valence-corrected chi connectivity index (χ0v) is 11.8. The molecule has 0 radical (unpaired) electrons. The Morgan fingerprint density at radius 3 is 2.84 bits per heavy atom. The molecule has 0 saturated carbocycles. The third-order valence-corrected chi connectivity index (χ3v) is 4.04. The van der Waals surface area contributed by atoms with Crippen LogP contribution in [-0.4, -0.2) is 21.8 Å². The van der Waals surface area contributed by atoms with Gasteiger partial charge in [0.05, 0.1) is 11.1 Å². The Kier molecular flexibility index (Phi) is 4.27. The normalized spacial score (nSPS) is 12.3. The van der Waals surface area contributed by atoms with Crippen molar-refractivity contribution < 1.29 is 5.21 Å². The lowest BCUT2D eigenvalue weighted by molar-refractivity contribution is 0.318. The van der Waals surface area contributed by atoms with Crippen molar-refractivity contribution in [2.75, 3.05) is 5.75 Å². The van der Waals surface area contributed by atoms with Gasteiger partial charge in [0, 0.05) is 11.1 Å². The SMILES string of the molecule is CC(C)CSc1nc2ccccc2cc1C(N)=NO. The first kappa shape index (κ1) is 13.7. The highest BCUT2D eigenvalue weighted by molar-refractivity contribution is 7.99. The number of para-hydroxylation sites is 1. The van der Waals surface area contributed by atoms with Gasteiger partial charge in [-0.15, -0.1) is 11.8 Å². The van der Waals surface area contributed by atoms with Gasteiger partial charge in [-0.25, -0.2) is 4.98 Å². The lowest BCUT2D eigenvalue weighted by Crippen LogP contribution is -2.15. The van der Waals surface area contributed by atoms with E-state index in [1.807, 2.05) is 30.3 Å². The average Bonchev–Trinajstić information content (AvgIpc) is 2.43. The molecule has 2 rings (SSSR count). The number of hydrogen-bond acceptors (Lipinski definition) is 4. The van der Waals surface area contributed by atoms with Crippen molar-refractivity contribution in [2.24, 2.45) is 16.8 Å². The molecule has 19 heavy (non-hydrogen) atoms. The Bertz CT molecular complexity index is 611. The van der Waals surface area contributed by atoms with E-state index in [-0.39, 0.29) is 5.84 Å². The van der Waals surface area contributed by atoms with Crippen LogP contribution >= 0.6 is 11.8 Å². The van der Waals surface area contributed by atoms with Crippen molar-refractivity contribution in [3.8, 4) is 0 Å². The van der Waals surface area contributed by atoms with Crippen molar-refractivity contribution in [3.63, 3.8) is 0 Å². The van der Waals surface area contributed by atoms with Crippen LogP contribution < -0.4 is 5.73 Å². The summed E-state index contributed by atoms with van der Waals surface area (Å²) in [5.41, 5.74) is 7.35. The lowest BCUT2D eigenvalue weighted by atomic mass is 10.1. The first-order valence-corrected chi connectivity index (χ1v) is 7.11. The number of hydrogen-bond donors (Lipinski definition) is 2. The fourth-order valence-electron chi connectivity index (χ4n) is 1.69. The van der Waals surface area contributed by atoms with Crippen LogP contribution in [0.3, 0.4) is 0 Å². The summed E-state index contributed by atoms with van der Waals surface area (Å²) in [5.74, 6) is 1.60. The summed E-state index contributed by atoms with van der Waals surface area (Å²) in [7, 11) is 0. The second-order valence-corrected chi connectivity index (χ2v) is 5.73. The van der Waals surface area contributed by atoms with Gasteiger partial charge >= 0.3 is 0 Å². The predicted octanol–water partition coefficient (Wildman–Crippen LogP) is 3.08. The van der Waals surface area contributed by atoms with Crippen LogP contribution in [0.4, 0.5) is 0 Å². The molecule has 1 aromatic carbocycles. The monoisotopic (exact) mass is 275 g/mol. The number of pyridine rings is 1. The maximum absolute atomic E-state index is 8.89. The molecule has 0 aliphatic carbocycles. The van der Waals surface area contributed by atoms with Crippen molar-refractivity contribution in [1.29, 1.82) is 0 Å². The molecule has 0 unspecified atom stereocenters. The lowest BCUT2D eigenvalue weighted by Gasteiger charge is -2.10. The molecule has 0 aliphatic rings. The Labute approximate surface area is 116 Å². The van der Waals surface area contributed by atoms with Crippen molar-refractivity contribution in [3.05, 3.63) is 35.9 Å². The van der Waals surface area contributed by atoms with E-state index in [1.165, 1.54) is 0 Å². The molecule has 3 N–H and O–H groups in total. The second-order valence-electron chi connectivity index (χ2n) is 4.72. The summed E-state index contributed by atoms with van der Waals surface area (Å²) in [6, 6.07) is 9.74. The van der Waals surface area contributed by atoms with E-state index in [0.29, 0.717) is 11.5 Å². The third-order valence-electron chi connectivity index (χ3n) is 2.63. The number of amidine groups is 1. The number of nitrogens with two attached hydrogens (primary N) is 1. The summed E-state index contributed by atoms with van der Waals surface area (Å²) in [6.07, 6.45) is 0. The van der Waals surface area contributed by atoms with Crippen molar-refractivity contribution in [1.82, 2.24) is 4.98 Å². The number of rotatable bonds is 4. The van der Waals surface area contributed by atoms with E-state index in [4.69, 9.17) is 10.9 Å². The van der Waals surface area contributed by atoms with Crippen molar-refractivity contribution >= 4 is 28.5 Å². The minimum atomic E-state index is 0.101. The van der Waals surface area contributed by atoms with Crippen LogP contribution in [0.25, 0.3) is 10.9 Å². The van der Waals surface area contributed by atoms with Gasteiger partial charge in [0.2, 0.25) is 0 Å². The van der Waals surface area contributed by atoms with Crippen LogP contribution in [0.15, 0.2) is 40.5 Å².